The van der Waals surface area contributed by atoms with Crippen molar-refractivity contribution in [3.8, 4) is 23.3 Å². The van der Waals surface area contributed by atoms with E-state index in [-0.39, 0.29) is 19.8 Å². The lowest BCUT2D eigenvalue weighted by atomic mass is 10.0. The maximum absolute atomic E-state index is 13.8. The van der Waals surface area contributed by atoms with E-state index in [0.717, 1.165) is 182 Å². The maximum atomic E-state index is 13.8. The molecule has 2 aliphatic rings. The molecular weight excluding hydrogens is 1070 g/mol. The minimum Gasteiger partial charge on any atom is -0.494 e. The smallest absolute Gasteiger partial charge is 0.315 e. The Balaban J connectivity index is 0.653. The lowest BCUT2D eigenvalue weighted by Crippen LogP contribution is -2.46. The summed E-state index contributed by atoms with van der Waals surface area (Å²) in [4.78, 5) is 44.3. The van der Waals surface area contributed by atoms with Crippen LogP contribution in [0.15, 0.2) is 120 Å². The number of aliphatic carboxylic acids is 1. The molecule has 1 atom stereocenters. The van der Waals surface area contributed by atoms with Crippen LogP contribution in [0.2, 0.25) is 0 Å². The fourth-order valence-corrected chi connectivity index (χ4v) is 12.9. The van der Waals surface area contributed by atoms with Crippen LogP contribution in [0, 0.1) is 5.92 Å². The number of hydrogen-bond donors (Lipinski definition) is 1. The van der Waals surface area contributed by atoms with Gasteiger partial charge in [0.25, 0.3) is 0 Å². The van der Waals surface area contributed by atoms with Crippen molar-refractivity contribution in [3.05, 3.63) is 120 Å². The van der Waals surface area contributed by atoms with Crippen LogP contribution in [0.4, 0.5) is 11.4 Å². The second kappa shape index (κ2) is 30.5. The van der Waals surface area contributed by atoms with Gasteiger partial charge in [0.05, 0.1) is 30.2 Å². The van der Waals surface area contributed by atoms with Crippen molar-refractivity contribution >= 4 is 88.0 Å². The Labute approximate surface area is 490 Å². The topological polar surface area (TPSA) is 139 Å². The first-order valence-electron chi connectivity index (χ1n) is 30.0. The van der Waals surface area contributed by atoms with Crippen molar-refractivity contribution in [3.63, 3.8) is 0 Å². The van der Waals surface area contributed by atoms with Gasteiger partial charge in [0.15, 0.2) is 0 Å². The molecule has 2 saturated heterocycles. The van der Waals surface area contributed by atoms with E-state index in [4.69, 9.17) is 38.8 Å². The first-order chi connectivity index (χ1) is 40.4. The standard InChI is InChI=1S/C66H80N6O8S2/c73-65(74)21-9-7-5-3-1-2-4-6-8-16-52(48-78-63-28-24-50-22-26-53(46-57(50)67-63)76-42-12-10-32-69-34-38-71(39-35-69)59-17-14-19-61-55(59)30-44-81-61)66(75)80-49-79-64-29-25-51-23-27-54(47-58(51)68-64)77-43-13-11-33-70-36-40-72(41-37-70)60-18-15-20-62-56(60)31-45-82-62/h14-15,17-20,22-31,44-47,52H,1-13,16,21,32-43,48-49H2,(H,73,74). The number of pyridine rings is 2. The van der Waals surface area contributed by atoms with E-state index in [9.17, 15) is 9.59 Å². The number of rotatable bonds is 33. The van der Waals surface area contributed by atoms with Gasteiger partial charge in [-0.1, -0.05) is 63.5 Å². The molecule has 4 aromatic heterocycles. The predicted molar refractivity (Wildman–Crippen MR) is 333 cm³/mol. The number of benzene rings is 4. The van der Waals surface area contributed by atoms with E-state index < -0.39 is 17.9 Å². The fourth-order valence-electron chi connectivity index (χ4n) is 11.3. The normalized spacial score (nSPS) is 14.7. The number of anilines is 2. The highest BCUT2D eigenvalue weighted by Crippen LogP contribution is 2.33. The van der Waals surface area contributed by atoms with E-state index in [0.29, 0.717) is 31.4 Å². The Morgan fingerprint density at radius 2 is 1.00 bits per heavy atom. The summed E-state index contributed by atoms with van der Waals surface area (Å²) in [5.41, 5.74) is 4.21. The van der Waals surface area contributed by atoms with Crippen molar-refractivity contribution in [1.29, 1.82) is 0 Å². The van der Waals surface area contributed by atoms with E-state index >= 15 is 0 Å². The number of unbranched alkanes of at least 4 members (excludes halogenated alkanes) is 10. The predicted octanol–water partition coefficient (Wildman–Crippen LogP) is 14.1. The van der Waals surface area contributed by atoms with E-state index in [1.54, 1.807) is 17.4 Å². The number of piperazine rings is 2. The number of hydrogen-bond acceptors (Lipinski definition) is 15. The first kappa shape index (κ1) is 58.5. The minimum atomic E-state index is -0.724. The van der Waals surface area contributed by atoms with Gasteiger partial charge in [-0.2, -0.15) is 0 Å². The third kappa shape index (κ3) is 17.0. The summed E-state index contributed by atoms with van der Waals surface area (Å²) < 4.78 is 33.1. The van der Waals surface area contributed by atoms with Crippen LogP contribution in [0.1, 0.15) is 96.3 Å². The number of aromatic nitrogens is 2. The van der Waals surface area contributed by atoms with Gasteiger partial charge in [-0.25, -0.2) is 9.97 Å². The number of carboxylic acid groups (broad SMARTS) is 1. The molecular formula is C66H80N6O8S2. The molecule has 0 amide bonds. The van der Waals surface area contributed by atoms with Gasteiger partial charge in [0, 0.05) is 125 Å². The average Bonchev–Trinajstić information content (AvgIpc) is 4.26. The number of carboxylic acids is 1. The van der Waals surface area contributed by atoms with Gasteiger partial charge in [0.2, 0.25) is 18.6 Å². The van der Waals surface area contributed by atoms with Gasteiger partial charge < -0.3 is 38.6 Å². The molecule has 2 aliphatic heterocycles. The van der Waals surface area contributed by atoms with Crippen LogP contribution in [-0.4, -0.2) is 129 Å². The SMILES string of the molecule is O=C(O)CCCCCCCCCCCC(COc1ccc2ccc(OCCCCN3CCN(c4cccc5sccc45)CC3)cc2n1)C(=O)OCOc1ccc2ccc(OCCCCN3CCN(c4cccc5sccc45)CC3)cc2n1. The molecule has 14 nitrogen and oxygen atoms in total. The number of carbonyl (C=O) groups is 2. The number of carbonyl (C=O) groups excluding carboxylic acids is 1. The molecule has 82 heavy (non-hydrogen) atoms. The lowest BCUT2D eigenvalue weighted by Gasteiger charge is -2.36. The van der Waals surface area contributed by atoms with Crippen molar-refractivity contribution in [2.75, 3.05) is 102 Å². The molecule has 4 aromatic carbocycles. The summed E-state index contributed by atoms with van der Waals surface area (Å²) in [7, 11) is 0. The van der Waals surface area contributed by atoms with Crippen molar-refractivity contribution < 1.29 is 38.4 Å². The van der Waals surface area contributed by atoms with Gasteiger partial charge >= 0.3 is 11.9 Å². The second-order valence-corrected chi connectivity index (χ2v) is 23.7. The van der Waals surface area contributed by atoms with E-state index in [2.05, 4.69) is 78.9 Å². The molecule has 1 unspecified atom stereocenters. The highest BCUT2D eigenvalue weighted by Gasteiger charge is 2.23. The number of ether oxygens (including phenoxy) is 5. The molecule has 6 heterocycles. The number of nitrogens with zero attached hydrogens (tertiary/aromatic N) is 6. The summed E-state index contributed by atoms with van der Waals surface area (Å²) in [5, 5.41) is 17.9. The Bertz CT molecular complexity index is 3280. The molecule has 434 valence electrons. The van der Waals surface area contributed by atoms with Crippen LogP contribution in [0.3, 0.4) is 0 Å². The maximum Gasteiger partial charge on any atom is 0.315 e. The largest absolute Gasteiger partial charge is 0.494 e. The highest BCUT2D eigenvalue weighted by atomic mass is 32.1. The fraction of sp³-hybridized carbons (Fsp3) is 0.455. The van der Waals surface area contributed by atoms with E-state index in [1.807, 2.05) is 65.9 Å². The van der Waals surface area contributed by atoms with Crippen LogP contribution < -0.4 is 28.7 Å². The van der Waals surface area contributed by atoms with Crippen molar-refractivity contribution in [2.45, 2.75) is 96.3 Å². The summed E-state index contributed by atoms with van der Waals surface area (Å²) in [6, 6.07) is 37.2. The summed E-state index contributed by atoms with van der Waals surface area (Å²) >= 11 is 3.61. The quantitative estimate of drug-likeness (QED) is 0.0237. The van der Waals surface area contributed by atoms with Gasteiger partial charge in [-0.15, -0.1) is 22.7 Å². The van der Waals surface area contributed by atoms with E-state index in [1.165, 1.54) is 31.5 Å². The highest BCUT2D eigenvalue weighted by molar-refractivity contribution is 7.17. The summed E-state index contributed by atoms with van der Waals surface area (Å²) in [6.45, 7) is 11.7. The molecule has 1 N–H and O–H groups in total. The Hall–Kier alpha value is -6.72. The van der Waals surface area contributed by atoms with Crippen LogP contribution in [0.5, 0.6) is 23.3 Å². The monoisotopic (exact) mass is 1150 g/mol. The number of thiophene rings is 2. The van der Waals surface area contributed by atoms with Crippen LogP contribution >= 0.6 is 22.7 Å². The molecule has 0 radical (unpaired) electrons. The third-order valence-corrected chi connectivity index (χ3v) is 17.8. The van der Waals surface area contributed by atoms with Crippen molar-refractivity contribution in [1.82, 2.24) is 19.8 Å². The molecule has 2 fully saturated rings. The van der Waals surface area contributed by atoms with Gasteiger partial charge in [0.1, 0.15) is 18.1 Å². The zero-order valence-electron chi connectivity index (χ0n) is 47.4. The Morgan fingerprint density at radius 1 is 0.512 bits per heavy atom. The minimum absolute atomic E-state index is 0.116. The molecule has 10 rings (SSSR count). The number of fused-ring (bicyclic) bond motifs is 4. The van der Waals surface area contributed by atoms with Crippen LogP contribution in [-0.2, 0) is 14.3 Å². The molecule has 16 heteroatoms. The summed E-state index contributed by atoms with van der Waals surface area (Å²) in [5.74, 6) is 0.684. The first-order valence-corrected chi connectivity index (χ1v) is 31.7. The van der Waals surface area contributed by atoms with Gasteiger partial charge in [-0.3, -0.25) is 19.4 Å². The molecule has 0 bridgehead atoms. The second-order valence-electron chi connectivity index (χ2n) is 21.8. The number of esters is 1. The Kier molecular flexibility index (Phi) is 21.8. The zero-order chi connectivity index (χ0) is 56.1. The molecule has 8 aromatic rings. The zero-order valence-corrected chi connectivity index (χ0v) is 49.1. The average molecular weight is 1150 g/mol. The third-order valence-electron chi connectivity index (χ3n) is 16.0. The molecule has 0 aliphatic carbocycles. The Morgan fingerprint density at radius 3 is 1.52 bits per heavy atom. The molecule has 0 spiro atoms. The van der Waals surface area contributed by atoms with Crippen molar-refractivity contribution in [2.24, 2.45) is 5.92 Å². The van der Waals surface area contributed by atoms with Gasteiger partial charge in [-0.05, 0) is 135 Å². The lowest BCUT2D eigenvalue weighted by molar-refractivity contribution is -0.156. The van der Waals surface area contributed by atoms with Crippen LogP contribution in [0.25, 0.3) is 42.0 Å². The molecule has 0 saturated carbocycles. The summed E-state index contributed by atoms with van der Waals surface area (Å²) in [6.07, 6.45) is 13.9.